The molecule has 2 aromatic heterocycles. The van der Waals surface area contributed by atoms with Crippen LogP contribution in [0.5, 0.6) is 0 Å². The van der Waals surface area contributed by atoms with E-state index < -0.39 is 17.2 Å². The maximum absolute atomic E-state index is 12.4. The molecule has 6 nitrogen and oxygen atoms in total. The van der Waals surface area contributed by atoms with Crippen molar-refractivity contribution in [1.29, 1.82) is 0 Å². The summed E-state index contributed by atoms with van der Waals surface area (Å²) in [6, 6.07) is 7.56. The summed E-state index contributed by atoms with van der Waals surface area (Å²) in [5.74, 6) is 1.30. The first-order valence-corrected chi connectivity index (χ1v) is 11.8. The van der Waals surface area contributed by atoms with Crippen molar-refractivity contribution in [3.05, 3.63) is 72.6 Å². The van der Waals surface area contributed by atoms with E-state index in [0.29, 0.717) is 29.9 Å². The van der Waals surface area contributed by atoms with Gasteiger partial charge in [0.2, 0.25) is 0 Å². The minimum atomic E-state index is -0.862. The SMILES string of the molecule is C=CC(=O)OC1(c2ccco2)CCCC(c2ccc(C3(OC(=O)C(=C)C)CCCCC3)o2)C1. The van der Waals surface area contributed by atoms with E-state index in [1.807, 2.05) is 18.2 Å². The number of carbonyl (C=O) groups excluding carboxylic acids is 2. The van der Waals surface area contributed by atoms with Crippen molar-refractivity contribution in [3.63, 3.8) is 0 Å². The molecule has 2 aromatic rings. The molecule has 2 saturated carbocycles. The van der Waals surface area contributed by atoms with Gasteiger partial charge in [0.25, 0.3) is 0 Å². The Morgan fingerprint density at radius 2 is 1.79 bits per heavy atom. The molecular weight excluding hydrogens is 420 g/mol. The van der Waals surface area contributed by atoms with Crippen LogP contribution in [0.25, 0.3) is 0 Å². The minimum Gasteiger partial charge on any atom is -0.465 e. The fourth-order valence-electron chi connectivity index (χ4n) is 5.22. The van der Waals surface area contributed by atoms with Gasteiger partial charge in [-0.05, 0) is 76.1 Å². The Kier molecular flexibility index (Phi) is 6.63. The van der Waals surface area contributed by atoms with Crippen molar-refractivity contribution in [1.82, 2.24) is 0 Å². The van der Waals surface area contributed by atoms with Gasteiger partial charge in [-0.2, -0.15) is 0 Å². The van der Waals surface area contributed by atoms with Crippen LogP contribution in [0.4, 0.5) is 0 Å². The smallest absolute Gasteiger partial charge is 0.334 e. The molecule has 0 N–H and O–H groups in total. The zero-order valence-electron chi connectivity index (χ0n) is 19.3. The molecule has 2 aliphatic carbocycles. The van der Waals surface area contributed by atoms with Gasteiger partial charge < -0.3 is 18.3 Å². The van der Waals surface area contributed by atoms with Gasteiger partial charge in [0, 0.05) is 24.0 Å². The molecule has 6 heteroatoms. The Labute approximate surface area is 194 Å². The number of rotatable bonds is 7. The molecule has 2 heterocycles. The summed E-state index contributed by atoms with van der Waals surface area (Å²) in [6.45, 7) is 8.94. The van der Waals surface area contributed by atoms with Crippen LogP contribution in [-0.4, -0.2) is 11.9 Å². The molecule has 0 saturated heterocycles. The maximum atomic E-state index is 12.4. The van der Waals surface area contributed by atoms with E-state index in [2.05, 4.69) is 13.2 Å². The van der Waals surface area contributed by atoms with Crippen LogP contribution in [0.1, 0.15) is 87.9 Å². The molecule has 33 heavy (non-hydrogen) atoms. The second kappa shape index (κ2) is 9.46. The molecule has 2 fully saturated rings. The number of esters is 2. The highest BCUT2D eigenvalue weighted by atomic mass is 16.6. The van der Waals surface area contributed by atoms with Gasteiger partial charge >= 0.3 is 11.9 Å². The number of furan rings is 2. The van der Waals surface area contributed by atoms with Crippen LogP contribution in [0.15, 0.2) is 64.2 Å². The number of carbonyl (C=O) groups is 2. The molecule has 0 aromatic carbocycles. The summed E-state index contributed by atoms with van der Waals surface area (Å²) in [4.78, 5) is 24.6. The average Bonchev–Trinajstić information content (AvgIpc) is 3.53. The van der Waals surface area contributed by atoms with E-state index in [1.165, 1.54) is 6.08 Å². The van der Waals surface area contributed by atoms with Crippen molar-refractivity contribution in [2.75, 3.05) is 0 Å². The first-order chi connectivity index (χ1) is 15.9. The lowest BCUT2D eigenvalue weighted by Crippen LogP contribution is -2.36. The van der Waals surface area contributed by atoms with Gasteiger partial charge in [-0.1, -0.05) is 19.6 Å². The summed E-state index contributed by atoms with van der Waals surface area (Å²) < 4.78 is 23.9. The highest BCUT2D eigenvalue weighted by Gasteiger charge is 2.46. The van der Waals surface area contributed by atoms with Gasteiger partial charge in [-0.25, -0.2) is 9.59 Å². The van der Waals surface area contributed by atoms with Gasteiger partial charge in [0.1, 0.15) is 17.3 Å². The molecule has 2 unspecified atom stereocenters. The minimum absolute atomic E-state index is 0.0349. The van der Waals surface area contributed by atoms with Crippen LogP contribution in [0, 0.1) is 0 Å². The number of hydrogen-bond donors (Lipinski definition) is 0. The lowest BCUT2D eigenvalue weighted by atomic mass is 9.75. The topological polar surface area (TPSA) is 78.9 Å². The molecule has 2 aliphatic rings. The van der Waals surface area contributed by atoms with Crippen molar-refractivity contribution in [2.24, 2.45) is 0 Å². The normalized spacial score (nSPS) is 24.6. The fraction of sp³-hybridized carbons (Fsp3) is 0.481. The summed E-state index contributed by atoms with van der Waals surface area (Å²) >= 11 is 0. The Morgan fingerprint density at radius 3 is 2.45 bits per heavy atom. The van der Waals surface area contributed by atoms with Crippen LogP contribution >= 0.6 is 0 Å². The highest BCUT2D eigenvalue weighted by Crippen LogP contribution is 2.49. The molecule has 0 bridgehead atoms. The van der Waals surface area contributed by atoms with Crippen molar-refractivity contribution < 1.29 is 27.9 Å². The molecule has 0 radical (unpaired) electrons. The molecule has 0 aliphatic heterocycles. The van der Waals surface area contributed by atoms with Crippen LogP contribution in [0.2, 0.25) is 0 Å². The van der Waals surface area contributed by atoms with E-state index in [-0.39, 0.29) is 11.9 Å². The molecule has 0 amide bonds. The number of ether oxygens (including phenoxy) is 2. The first kappa shape index (κ1) is 23.1. The second-order valence-electron chi connectivity index (χ2n) is 9.32. The van der Waals surface area contributed by atoms with Crippen LogP contribution in [-0.2, 0) is 30.3 Å². The summed E-state index contributed by atoms with van der Waals surface area (Å²) in [7, 11) is 0. The zero-order chi connectivity index (χ0) is 23.5. The standard InChI is InChI=1S/C27H32O6/c1-4-24(28)32-27(22-11-9-17-30-22)16-8-10-20(18-27)21-12-13-23(31-21)26(14-6-5-7-15-26)33-25(29)19(2)3/h4,9,11-13,17,20H,1-2,5-8,10,14-16,18H2,3H3. The number of hydrogen-bond acceptors (Lipinski definition) is 6. The molecule has 2 atom stereocenters. The average molecular weight is 453 g/mol. The fourth-order valence-corrected chi connectivity index (χ4v) is 5.22. The predicted octanol–water partition coefficient (Wildman–Crippen LogP) is 6.43. The largest absolute Gasteiger partial charge is 0.465 e. The summed E-state index contributed by atoms with van der Waals surface area (Å²) in [5.41, 5.74) is -1.24. The van der Waals surface area contributed by atoms with E-state index >= 15 is 0 Å². The van der Waals surface area contributed by atoms with Gasteiger partial charge in [-0.3, -0.25) is 0 Å². The van der Waals surface area contributed by atoms with E-state index in [0.717, 1.165) is 50.7 Å². The van der Waals surface area contributed by atoms with Gasteiger partial charge in [-0.15, -0.1) is 0 Å². The lowest BCUT2D eigenvalue weighted by Gasteiger charge is -2.38. The third-order valence-electron chi connectivity index (χ3n) is 6.92. The van der Waals surface area contributed by atoms with Crippen LogP contribution < -0.4 is 0 Å². The Morgan fingerprint density at radius 1 is 1.03 bits per heavy atom. The van der Waals surface area contributed by atoms with Gasteiger partial charge in [0.15, 0.2) is 11.2 Å². The lowest BCUT2D eigenvalue weighted by molar-refractivity contribution is -0.162. The summed E-state index contributed by atoms with van der Waals surface area (Å²) in [5, 5.41) is 0. The Balaban J connectivity index is 1.61. The molecule has 0 spiro atoms. The van der Waals surface area contributed by atoms with Gasteiger partial charge in [0.05, 0.1) is 6.26 Å². The van der Waals surface area contributed by atoms with Crippen molar-refractivity contribution in [2.45, 2.75) is 81.8 Å². The Bertz CT molecular complexity index is 1010. The monoisotopic (exact) mass is 452 g/mol. The quantitative estimate of drug-likeness (QED) is 0.356. The maximum Gasteiger partial charge on any atom is 0.334 e. The molecule has 176 valence electrons. The van der Waals surface area contributed by atoms with Crippen molar-refractivity contribution >= 4 is 11.9 Å². The summed E-state index contributed by atoms with van der Waals surface area (Å²) in [6.07, 6.45) is 10.3. The molecular formula is C27H32O6. The zero-order valence-corrected chi connectivity index (χ0v) is 19.3. The van der Waals surface area contributed by atoms with E-state index in [9.17, 15) is 9.59 Å². The third kappa shape index (κ3) is 4.70. The van der Waals surface area contributed by atoms with E-state index in [4.69, 9.17) is 18.3 Å². The molecule has 4 rings (SSSR count). The highest BCUT2D eigenvalue weighted by molar-refractivity contribution is 5.87. The second-order valence-corrected chi connectivity index (χ2v) is 9.32. The Hall–Kier alpha value is -3.02. The third-order valence-corrected chi connectivity index (χ3v) is 6.92. The van der Waals surface area contributed by atoms with Crippen LogP contribution in [0.3, 0.4) is 0 Å². The first-order valence-electron chi connectivity index (χ1n) is 11.8. The van der Waals surface area contributed by atoms with Crippen molar-refractivity contribution in [3.8, 4) is 0 Å². The van der Waals surface area contributed by atoms with E-state index in [1.54, 1.807) is 19.3 Å². The predicted molar refractivity (Wildman–Crippen MR) is 122 cm³/mol.